The zero-order valence-corrected chi connectivity index (χ0v) is 7.62. The van der Waals surface area contributed by atoms with Crippen molar-refractivity contribution in [2.45, 2.75) is 20.0 Å². The third-order valence-electron chi connectivity index (χ3n) is 2.00. The van der Waals surface area contributed by atoms with Gasteiger partial charge in [0.15, 0.2) is 0 Å². The predicted molar refractivity (Wildman–Crippen MR) is 49.3 cm³/mol. The molecule has 1 aromatic rings. The summed E-state index contributed by atoms with van der Waals surface area (Å²) in [6.45, 7) is 2.00. The molecule has 0 spiro atoms. The summed E-state index contributed by atoms with van der Waals surface area (Å²) in [5, 5.41) is 18.6. The number of aryl methyl sites for hydroxylation is 1. The van der Waals surface area contributed by atoms with Crippen molar-refractivity contribution in [1.29, 1.82) is 0 Å². The van der Waals surface area contributed by atoms with E-state index in [1.165, 1.54) is 0 Å². The first-order valence-corrected chi connectivity index (χ1v) is 4.18. The van der Waals surface area contributed by atoms with Crippen molar-refractivity contribution in [3.63, 3.8) is 0 Å². The zero-order valence-electron chi connectivity index (χ0n) is 7.62. The Morgan fingerprint density at radius 3 is 2.77 bits per heavy atom. The molecule has 0 unspecified atom stereocenters. The van der Waals surface area contributed by atoms with Crippen LogP contribution in [0.2, 0.25) is 0 Å². The Morgan fingerprint density at radius 2 is 2.23 bits per heavy atom. The lowest BCUT2D eigenvalue weighted by atomic mass is 10.1. The molecule has 0 aromatic carbocycles. The normalized spacial score (nSPS) is 10.4. The highest BCUT2D eigenvalue weighted by Gasteiger charge is 2.09. The lowest BCUT2D eigenvalue weighted by molar-refractivity contribution is 0.273. The molecule has 1 aromatic heterocycles. The second-order valence-corrected chi connectivity index (χ2v) is 2.89. The molecular weight excluding hydrogens is 168 g/mol. The third kappa shape index (κ3) is 1.96. The maximum Gasteiger partial charge on any atom is 0.142 e. The summed E-state index contributed by atoms with van der Waals surface area (Å²) < 4.78 is 0. The summed E-state index contributed by atoms with van der Waals surface area (Å²) in [6.07, 6.45) is 2.27. The molecule has 72 valence electrons. The fourth-order valence-corrected chi connectivity index (χ4v) is 1.23. The molecule has 0 aliphatic rings. The maximum absolute atomic E-state index is 9.54. The van der Waals surface area contributed by atoms with Gasteiger partial charge in [0.25, 0.3) is 0 Å². The lowest BCUT2D eigenvalue weighted by Gasteiger charge is -2.09. The van der Waals surface area contributed by atoms with Gasteiger partial charge in [0, 0.05) is 11.8 Å². The number of aromatic nitrogens is 1. The van der Waals surface area contributed by atoms with Crippen LogP contribution in [0, 0.1) is 6.92 Å². The van der Waals surface area contributed by atoms with Crippen LogP contribution in [-0.2, 0) is 13.0 Å². The van der Waals surface area contributed by atoms with Crippen LogP contribution in [0.3, 0.4) is 0 Å². The van der Waals surface area contributed by atoms with Crippen molar-refractivity contribution in [2.75, 3.05) is 6.54 Å². The molecule has 4 heteroatoms. The average Bonchev–Trinajstić information content (AvgIpc) is 2.12. The SMILES string of the molecule is Cc1ncc(CCN)c(CO)c1O. The molecule has 0 saturated carbocycles. The minimum absolute atomic E-state index is 0.0773. The first-order valence-electron chi connectivity index (χ1n) is 4.18. The van der Waals surface area contributed by atoms with Crippen LogP contribution in [0.4, 0.5) is 0 Å². The van der Waals surface area contributed by atoms with E-state index in [1.54, 1.807) is 13.1 Å². The largest absolute Gasteiger partial charge is 0.506 e. The number of rotatable bonds is 3. The van der Waals surface area contributed by atoms with Crippen LogP contribution in [0.5, 0.6) is 5.75 Å². The molecule has 0 saturated heterocycles. The van der Waals surface area contributed by atoms with Gasteiger partial charge in [0.05, 0.1) is 12.3 Å². The van der Waals surface area contributed by atoms with Crippen LogP contribution in [-0.4, -0.2) is 21.7 Å². The van der Waals surface area contributed by atoms with Gasteiger partial charge in [0.2, 0.25) is 0 Å². The summed E-state index contributed by atoms with van der Waals surface area (Å²) in [5.41, 5.74) is 7.27. The molecule has 4 nitrogen and oxygen atoms in total. The van der Waals surface area contributed by atoms with Gasteiger partial charge in [-0.2, -0.15) is 0 Å². The molecule has 1 heterocycles. The maximum atomic E-state index is 9.54. The Morgan fingerprint density at radius 1 is 1.54 bits per heavy atom. The summed E-state index contributed by atoms with van der Waals surface area (Å²) >= 11 is 0. The van der Waals surface area contributed by atoms with E-state index in [0.29, 0.717) is 24.2 Å². The van der Waals surface area contributed by atoms with Crippen molar-refractivity contribution in [2.24, 2.45) is 5.73 Å². The molecule has 0 atom stereocenters. The monoisotopic (exact) mass is 182 g/mol. The predicted octanol–water partition coefficient (Wildman–Crippen LogP) is 0.0891. The van der Waals surface area contributed by atoms with E-state index in [9.17, 15) is 5.11 Å². The van der Waals surface area contributed by atoms with Crippen molar-refractivity contribution < 1.29 is 10.2 Å². The highest BCUT2D eigenvalue weighted by atomic mass is 16.3. The van der Waals surface area contributed by atoms with E-state index in [0.717, 1.165) is 5.56 Å². The van der Waals surface area contributed by atoms with Gasteiger partial charge in [-0.25, -0.2) is 0 Å². The number of nitrogens with two attached hydrogens (primary N) is 1. The number of nitrogens with zero attached hydrogens (tertiary/aromatic N) is 1. The minimum Gasteiger partial charge on any atom is -0.506 e. The van der Waals surface area contributed by atoms with Crippen LogP contribution < -0.4 is 5.73 Å². The van der Waals surface area contributed by atoms with Crippen LogP contribution in [0.15, 0.2) is 6.20 Å². The van der Waals surface area contributed by atoms with Gasteiger partial charge in [-0.05, 0) is 25.5 Å². The first-order chi connectivity index (χ1) is 6.20. The van der Waals surface area contributed by atoms with E-state index in [2.05, 4.69) is 4.98 Å². The Balaban J connectivity index is 3.13. The number of aromatic hydroxyl groups is 1. The fourth-order valence-electron chi connectivity index (χ4n) is 1.23. The molecular formula is C9H14N2O2. The van der Waals surface area contributed by atoms with E-state index < -0.39 is 0 Å². The second kappa shape index (κ2) is 4.20. The minimum atomic E-state index is -0.176. The third-order valence-corrected chi connectivity index (χ3v) is 2.00. The summed E-state index contributed by atoms with van der Waals surface area (Å²) in [6, 6.07) is 0. The van der Waals surface area contributed by atoms with Crippen LogP contribution in [0.1, 0.15) is 16.8 Å². The quantitative estimate of drug-likeness (QED) is 0.619. The van der Waals surface area contributed by atoms with Gasteiger partial charge in [-0.3, -0.25) is 4.98 Å². The summed E-state index contributed by atoms with van der Waals surface area (Å²) in [4.78, 5) is 3.99. The Hall–Kier alpha value is -1.13. The van der Waals surface area contributed by atoms with E-state index in [-0.39, 0.29) is 12.4 Å². The molecule has 0 aliphatic carbocycles. The number of aliphatic hydroxyl groups excluding tert-OH is 1. The first kappa shape index (κ1) is 9.95. The van der Waals surface area contributed by atoms with Gasteiger partial charge >= 0.3 is 0 Å². The van der Waals surface area contributed by atoms with E-state index in [4.69, 9.17) is 10.8 Å². The smallest absolute Gasteiger partial charge is 0.142 e. The Kier molecular flexibility index (Phi) is 3.22. The fraction of sp³-hybridized carbons (Fsp3) is 0.444. The van der Waals surface area contributed by atoms with Crippen molar-refractivity contribution >= 4 is 0 Å². The number of pyridine rings is 1. The zero-order chi connectivity index (χ0) is 9.84. The van der Waals surface area contributed by atoms with Crippen molar-refractivity contribution in [3.8, 4) is 5.75 Å². The Labute approximate surface area is 77.0 Å². The highest BCUT2D eigenvalue weighted by molar-refractivity contribution is 5.40. The van der Waals surface area contributed by atoms with Crippen LogP contribution in [0.25, 0.3) is 0 Å². The Bertz CT molecular complexity index is 300. The topological polar surface area (TPSA) is 79.4 Å². The molecule has 0 amide bonds. The standard InChI is InChI=1S/C9H14N2O2/c1-6-9(13)8(5-12)7(2-3-10)4-11-6/h4,12-13H,2-3,5,10H2,1H3. The number of aliphatic hydroxyl groups is 1. The molecule has 0 bridgehead atoms. The van der Waals surface area contributed by atoms with E-state index >= 15 is 0 Å². The van der Waals surface area contributed by atoms with Gasteiger partial charge < -0.3 is 15.9 Å². The summed E-state index contributed by atoms with van der Waals surface area (Å²) in [5.74, 6) is 0.0773. The highest BCUT2D eigenvalue weighted by Crippen LogP contribution is 2.23. The number of hydrogen-bond donors (Lipinski definition) is 3. The molecule has 0 aliphatic heterocycles. The number of hydrogen-bond acceptors (Lipinski definition) is 4. The molecule has 0 radical (unpaired) electrons. The van der Waals surface area contributed by atoms with Gasteiger partial charge in [-0.15, -0.1) is 0 Å². The average molecular weight is 182 g/mol. The van der Waals surface area contributed by atoms with Gasteiger partial charge in [-0.1, -0.05) is 0 Å². The lowest BCUT2D eigenvalue weighted by Crippen LogP contribution is -2.06. The van der Waals surface area contributed by atoms with Crippen molar-refractivity contribution in [1.82, 2.24) is 4.98 Å². The van der Waals surface area contributed by atoms with Gasteiger partial charge in [0.1, 0.15) is 5.75 Å². The molecule has 13 heavy (non-hydrogen) atoms. The van der Waals surface area contributed by atoms with Crippen LogP contribution >= 0.6 is 0 Å². The molecule has 0 fully saturated rings. The van der Waals surface area contributed by atoms with Crippen molar-refractivity contribution in [3.05, 3.63) is 23.0 Å². The van der Waals surface area contributed by atoms with E-state index in [1.807, 2.05) is 0 Å². The second-order valence-electron chi connectivity index (χ2n) is 2.89. The summed E-state index contributed by atoms with van der Waals surface area (Å²) in [7, 11) is 0. The molecule has 4 N–H and O–H groups in total. The molecule has 1 rings (SSSR count).